The fourth-order valence-corrected chi connectivity index (χ4v) is 3.18. The number of amides is 1. The highest BCUT2D eigenvalue weighted by Gasteiger charge is 2.28. The summed E-state index contributed by atoms with van der Waals surface area (Å²) in [6.45, 7) is 2.40. The molecule has 3 rings (SSSR count). The van der Waals surface area contributed by atoms with E-state index in [0.29, 0.717) is 18.5 Å². The van der Waals surface area contributed by atoms with Crippen LogP contribution in [0.4, 0.5) is 14.5 Å². The van der Waals surface area contributed by atoms with E-state index in [4.69, 9.17) is 5.11 Å². The van der Waals surface area contributed by atoms with E-state index in [2.05, 4.69) is 5.32 Å². The lowest BCUT2D eigenvalue weighted by atomic mass is 10.1. The number of benzene rings is 2. The third-order valence-corrected chi connectivity index (χ3v) is 4.36. The molecule has 2 N–H and O–H groups in total. The lowest BCUT2D eigenvalue weighted by Gasteiger charge is -2.20. The number of para-hydroxylation sites is 1. The smallest absolute Gasteiger partial charge is 0.335 e. The summed E-state index contributed by atoms with van der Waals surface area (Å²) in [5.74, 6) is -2.79. The molecule has 1 heterocycles. The van der Waals surface area contributed by atoms with Crippen molar-refractivity contribution in [3.63, 3.8) is 0 Å². The highest BCUT2D eigenvalue weighted by Crippen LogP contribution is 2.26. The van der Waals surface area contributed by atoms with E-state index in [9.17, 15) is 18.4 Å². The molecular formula is C19H18F2N2O3. The van der Waals surface area contributed by atoms with Crippen LogP contribution in [0.25, 0.3) is 0 Å². The number of halogens is 2. The lowest BCUT2D eigenvalue weighted by molar-refractivity contribution is 0.0696. The van der Waals surface area contributed by atoms with Crippen LogP contribution in [-0.4, -0.2) is 36.1 Å². The van der Waals surface area contributed by atoms with Gasteiger partial charge in [0.1, 0.15) is 17.3 Å². The Morgan fingerprint density at radius 2 is 1.81 bits per heavy atom. The number of hydrogen-bond acceptors (Lipinski definition) is 3. The molecule has 1 atom stereocenters. The molecule has 136 valence electrons. The van der Waals surface area contributed by atoms with Crippen molar-refractivity contribution in [2.45, 2.75) is 19.4 Å². The van der Waals surface area contributed by atoms with E-state index >= 15 is 0 Å². The van der Waals surface area contributed by atoms with E-state index in [1.165, 1.54) is 30.3 Å². The molecule has 5 nitrogen and oxygen atoms in total. The number of nitrogens with one attached hydrogen (secondary N) is 1. The van der Waals surface area contributed by atoms with Gasteiger partial charge in [0.15, 0.2) is 0 Å². The normalized spacial score (nSPS) is 16.6. The summed E-state index contributed by atoms with van der Waals surface area (Å²) < 4.78 is 27.8. The Bertz CT molecular complexity index is 850. The van der Waals surface area contributed by atoms with Crippen LogP contribution in [0.1, 0.15) is 32.7 Å². The molecule has 2 aromatic rings. The minimum Gasteiger partial charge on any atom is -0.478 e. The summed E-state index contributed by atoms with van der Waals surface area (Å²) in [6.07, 6.45) is 0.539. The predicted molar refractivity (Wildman–Crippen MR) is 92.6 cm³/mol. The maximum Gasteiger partial charge on any atom is 0.335 e. The lowest BCUT2D eigenvalue weighted by Crippen LogP contribution is -2.37. The summed E-state index contributed by atoms with van der Waals surface area (Å²) in [5, 5.41) is 11.9. The predicted octanol–water partition coefficient (Wildman–Crippen LogP) is 2.98. The van der Waals surface area contributed by atoms with Gasteiger partial charge in [-0.2, -0.15) is 0 Å². The molecule has 1 aliphatic rings. The second kappa shape index (κ2) is 7.11. The number of hydrogen-bond donors (Lipinski definition) is 2. The Morgan fingerprint density at radius 1 is 1.15 bits per heavy atom. The molecule has 7 heteroatoms. The Kier molecular flexibility index (Phi) is 4.88. The first kappa shape index (κ1) is 17.8. The van der Waals surface area contributed by atoms with Crippen molar-refractivity contribution in [3.8, 4) is 0 Å². The van der Waals surface area contributed by atoms with Crippen LogP contribution in [0.15, 0.2) is 36.4 Å². The molecule has 1 unspecified atom stereocenters. The minimum absolute atomic E-state index is 0.0385. The fraction of sp³-hybridized carbons (Fsp3) is 0.263. The number of nitrogens with zero attached hydrogens (tertiary/aromatic N) is 1. The standard InChI is InChI=1S/C19H18F2N2O3/c1-11-7-12(9-13(8-11)19(25)26)18(24)22-14-5-6-23(10-14)17-15(20)3-2-4-16(17)21/h2-4,7-9,14H,5-6,10H2,1H3,(H,22,24)(H,25,26). The zero-order chi connectivity index (χ0) is 18.8. The maximum atomic E-state index is 13.9. The van der Waals surface area contributed by atoms with E-state index in [1.807, 2.05) is 0 Å². The summed E-state index contributed by atoms with van der Waals surface area (Å²) >= 11 is 0. The van der Waals surface area contributed by atoms with E-state index in [0.717, 1.165) is 0 Å². The van der Waals surface area contributed by atoms with Crippen LogP contribution in [0, 0.1) is 18.6 Å². The first-order valence-electron chi connectivity index (χ1n) is 8.20. The molecule has 0 spiro atoms. The second-order valence-electron chi connectivity index (χ2n) is 6.37. The van der Waals surface area contributed by atoms with Crippen LogP contribution >= 0.6 is 0 Å². The van der Waals surface area contributed by atoms with Crippen molar-refractivity contribution < 1.29 is 23.5 Å². The molecule has 0 saturated carbocycles. The van der Waals surface area contributed by atoms with Gasteiger partial charge in [0.25, 0.3) is 5.91 Å². The number of aromatic carboxylic acids is 1. The monoisotopic (exact) mass is 360 g/mol. The highest BCUT2D eigenvalue weighted by atomic mass is 19.1. The average molecular weight is 360 g/mol. The van der Waals surface area contributed by atoms with Crippen LogP contribution in [0.3, 0.4) is 0 Å². The van der Waals surface area contributed by atoms with Gasteiger partial charge in [-0.3, -0.25) is 4.79 Å². The number of rotatable bonds is 4. The Balaban J connectivity index is 1.71. The van der Waals surface area contributed by atoms with Gasteiger partial charge in [-0.1, -0.05) is 6.07 Å². The summed E-state index contributed by atoms with van der Waals surface area (Å²) in [5.41, 5.74) is 0.860. The SMILES string of the molecule is Cc1cc(C(=O)O)cc(C(=O)NC2CCN(c3c(F)cccc3F)C2)c1. The van der Waals surface area contributed by atoms with Crippen molar-refractivity contribution in [1.82, 2.24) is 5.32 Å². The van der Waals surface area contributed by atoms with Gasteiger partial charge in [-0.05, 0) is 49.2 Å². The fourth-order valence-electron chi connectivity index (χ4n) is 3.18. The zero-order valence-electron chi connectivity index (χ0n) is 14.1. The first-order chi connectivity index (χ1) is 12.3. The van der Waals surface area contributed by atoms with E-state index < -0.39 is 23.5 Å². The van der Waals surface area contributed by atoms with Crippen LogP contribution in [-0.2, 0) is 0 Å². The van der Waals surface area contributed by atoms with Gasteiger partial charge >= 0.3 is 5.97 Å². The van der Waals surface area contributed by atoms with Gasteiger partial charge < -0.3 is 15.3 Å². The van der Waals surface area contributed by atoms with Gasteiger partial charge in [-0.25, -0.2) is 13.6 Å². The minimum atomic E-state index is -1.11. The van der Waals surface area contributed by atoms with Gasteiger partial charge in [0.2, 0.25) is 0 Å². The van der Waals surface area contributed by atoms with Crippen LogP contribution in [0.5, 0.6) is 0 Å². The maximum absolute atomic E-state index is 13.9. The summed E-state index contributed by atoms with van der Waals surface area (Å²) in [7, 11) is 0. The van der Waals surface area contributed by atoms with Gasteiger partial charge in [-0.15, -0.1) is 0 Å². The molecule has 1 saturated heterocycles. The largest absolute Gasteiger partial charge is 0.478 e. The molecule has 1 aliphatic heterocycles. The van der Waals surface area contributed by atoms with Gasteiger partial charge in [0, 0.05) is 24.7 Å². The Labute approximate surface area is 149 Å². The molecule has 0 bridgehead atoms. The Hall–Kier alpha value is -2.96. The number of carbonyl (C=O) groups excluding carboxylic acids is 1. The number of aryl methyl sites for hydroxylation is 1. The molecule has 0 radical (unpaired) electrons. The molecule has 1 fully saturated rings. The summed E-state index contributed by atoms with van der Waals surface area (Å²) in [4.78, 5) is 25.1. The van der Waals surface area contributed by atoms with Crippen molar-refractivity contribution in [3.05, 3.63) is 64.7 Å². The molecule has 0 aliphatic carbocycles. The van der Waals surface area contributed by atoms with Crippen LogP contribution in [0.2, 0.25) is 0 Å². The van der Waals surface area contributed by atoms with Gasteiger partial charge in [0.05, 0.1) is 5.56 Å². The number of carbonyl (C=O) groups is 2. The molecule has 2 aromatic carbocycles. The van der Waals surface area contributed by atoms with E-state index in [1.54, 1.807) is 17.9 Å². The van der Waals surface area contributed by atoms with Crippen molar-refractivity contribution in [2.24, 2.45) is 0 Å². The van der Waals surface area contributed by atoms with Crippen molar-refractivity contribution in [1.29, 1.82) is 0 Å². The molecule has 0 aromatic heterocycles. The van der Waals surface area contributed by atoms with E-state index in [-0.39, 0.29) is 29.4 Å². The number of carboxylic acids is 1. The summed E-state index contributed by atoms with van der Waals surface area (Å²) in [6, 6.07) is 7.82. The average Bonchev–Trinajstić information content (AvgIpc) is 3.02. The quantitative estimate of drug-likeness (QED) is 0.880. The molecular weight excluding hydrogens is 342 g/mol. The third kappa shape index (κ3) is 3.66. The third-order valence-electron chi connectivity index (χ3n) is 4.36. The Morgan fingerprint density at radius 3 is 2.46 bits per heavy atom. The molecule has 26 heavy (non-hydrogen) atoms. The van der Waals surface area contributed by atoms with Crippen molar-refractivity contribution >= 4 is 17.6 Å². The topological polar surface area (TPSA) is 69.6 Å². The molecule has 1 amide bonds. The number of anilines is 1. The van der Waals surface area contributed by atoms with Crippen LogP contribution < -0.4 is 10.2 Å². The highest BCUT2D eigenvalue weighted by molar-refractivity contribution is 5.98. The number of carboxylic acid groups (broad SMARTS) is 1. The second-order valence-corrected chi connectivity index (χ2v) is 6.37. The zero-order valence-corrected chi connectivity index (χ0v) is 14.1. The van der Waals surface area contributed by atoms with Crippen molar-refractivity contribution in [2.75, 3.05) is 18.0 Å². The first-order valence-corrected chi connectivity index (χ1v) is 8.20.